The number of aryl methyl sites for hydroxylation is 1. The maximum Gasteiger partial charge on any atom is 0.328 e. The Labute approximate surface area is 401 Å². The van der Waals surface area contributed by atoms with E-state index < -0.39 is 16.9 Å². The second-order valence-corrected chi connectivity index (χ2v) is 18.1. The number of ether oxygens (including phenoxy) is 2. The lowest BCUT2D eigenvalue weighted by Crippen LogP contribution is -2.34. The Morgan fingerprint density at radius 2 is 0.853 bits per heavy atom. The van der Waals surface area contributed by atoms with Gasteiger partial charge >= 0.3 is 11.4 Å². The van der Waals surface area contributed by atoms with Crippen LogP contribution in [0.15, 0.2) is 129 Å². The fraction of sp³-hybridized carbons (Fsp3) is 0.120. The molecule has 6 heterocycles. The highest BCUT2D eigenvalue weighted by molar-refractivity contribution is 6.34. The molecule has 0 radical (unpaired) electrons. The minimum absolute atomic E-state index is 0.249. The van der Waals surface area contributed by atoms with Gasteiger partial charge in [-0.3, -0.25) is 19.1 Å². The van der Waals surface area contributed by atoms with Crippen LogP contribution in [-0.2, 0) is 13.1 Å². The number of fused-ring (bicyclic) bond motifs is 12. The topological polar surface area (TPSA) is 191 Å². The number of nitrogens with one attached hydrogen (secondary N) is 6. The van der Waals surface area contributed by atoms with E-state index in [4.69, 9.17) is 55.9 Å². The molecule has 14 nitrogen and oxygen atoms in total. The van der Waals surface area contributed by atoms with Crippen LogP contribution in [0, 0.1) is 0 Å². The molecule has 340 valence electrons. The summed E-state index contributed by atoms with van der Waals surface area (Å²) < 4.78 is 15.2. The molecule has 0 spiro atoms. The van der Waals surface area contributed by atoms with Crippen molar-refractivity contribution in [1.29, 1.82) is 0 Å². The van der Waals surface area contributed by atoms with Crippen LogP contribution in [0.5, 0.6) is 11.5 Å². The van der Waals surface area contributed by atoms with Crippen molar-refractivity contribution in [1.82, 2.24) is 39.0 Å². The third-order valence-corrected chi connectivity index (χ3v) is 13.0. The number of hydrogen-bond donors (Lipinski definition) is 6. The highest BCUT2D eigenvalue weighted by Gasteiger charge is 2.20. The molecule has 0 aliphatic rings. The molecule has 6 aromatic carbocycles. The van der Waals surface area contributed by atoms with Gasteiger partial charge in [0.1, 0.15) is 0 Å². The molecule has 68 heavy (non-hydrogen) atoms. The molecule has 0 atom stereocenters. The Morgan fingerprint density at radius 1 is 0.441 bits per heavy atom. The van der Waals surface area contributed by atoms with Crippen LogP contribution < -0.4 is 32.0 Å². The van der Waals surface area contributed by atoms with Gasteiger partial charge in [-0.15, -0.1) is 0 Å². The van der Waals surface area contributed by atoms with Crippen LogP contribution in [0.2, 0.25) is 20.1 Å². The van der Waals surface area contributed by atoms with Gasteiger partial charge in [-0.2, -0.15) is 0 Å². The Hall–Kier alpha value is -7.36. The van der Waals surface area contributed by atoms with E-state index in [1.165, 1.54) is 29.1 Å². The fourth-order valence-corrected chi connectivity index (χ4v) is 9.66. The lowest BCUT2D eigenvalue weighted by Gasteiger charge is -2.10. The van der Waals surface area contributed by atoms with E-state index in [0.717, 1.165) is 91.8 Å². The van der Waals surface area contributed by atoms with E-state index in [1.54, 1.807) is 0 Å². The first-order valence-electron chi connectivity index (χ1n) is 21.5. The Morgan fingerprint density at radius 3 is 1.25 bits per heavy atom. The zero-order chi connectivity index (χ0) is 46.8. The lowest BCUT2D eigenvalue weighted by molar-refractivity contribution is 0.305. The second-order valence-electron chi connectivity index (χ2n) is 16.3. The van der Waals surface area contributed by atoms with Gasteiger partial charge in [0.05, 0.1) is 35.3 Å². The summed E-state index contributed by atoms with van der Waals surface area (Å²) in [5.41, 5.74) is 5.61. The maximum absolute atomic E-state index is 12.0. The first-order valence-corrected chi connectivity index (χ1v) is 23.0. The van der Waals surface area contributed by atoms with Crippen molar-refractivity contribution in [2.75, 3.05) is 13.2 Å². The summed E-state index contributed by atoms with van der Waals surface area (Å²) in [6, 6.07) is 29.8. The fourth-order valence-electron chi connectivity index (χ4n) is 8.97. The first kappa shape index (κ1) is 43.2. The van der Waals surface area contributed by atoms with Gasteiger partial charge in [0.2, 0.25) is 0 Å². The predicted octanol–water partition coefficient (Wildman–Crippen LogP) is 11.2. The molecule has 0 amide bonds. The Kier molecular flexibility index (Phi) is 11.0. The molecule has 0 saturated heterocycles. The van der Waals surface area contributed by atoms with Crippen molar-refractivity contribution >= 4 is 134 Å². The molecule has 12 aromatic rings. The molecule has 6 aromatic heterocycles. The van der Waals surface area contributed by atoms with Crippen LogP contribution in [0.25, 0.3) is 87.2 Å². The van der Waals surface area contributed by atoms with Crippen molar-refractivity contribution in [3.63, 3.8) is 0 Å². The zero-order valence-corrected chi connectivity index (χ0v) is 38.5. The first-order chi connectivity index (χ1) is 33.0. The van der Waals surface area contributed by atoms with Crippen molar-refractivity contribution in [2.45, 2.75) is 25.9 Å². The molecule has 0 aliphatic carbocycles. The molecule has 0 unspecified atom stereocenters. The van der Waals surface area contributed by atoms with Gasteiger partial charge in [0.25, 0.3) is 11.1 Å². The van der Waals surface area contributed by atoms with Crippen LogP contribution in [-0.4, -0.2) is 52.3 Å². The van der Waals surface area contributed by atoms with E-state index in [0.29, 0.717) is 64.2 Å². The van der Waals surface area contributed by atoms with Crippen molar-refractivity contribution in [3.05, 3.63) is 171 Å². The van der Waals surface area contributed by atoms with Gasteiger partial charge in [-0.1, -0.05) is 46.4 Å². The average molecular weight is 987 g/mol. The number of nitrogens with zero attached hydrogens (tertiary/aromatic N) is 2. The number of aromatic nitrogens is 8. The maximum atomic E-state index is 12.0. The monoisotopic (exact) mass is 984 g/mol. The minimum atomic E-state index is -0.433. The van der Waals surface area contributed by atoms with Gasteiger partial charge in [-0.05, 0) is 97.8 Å². The van der Waals surface area contributed by atoms with Crippen LogP contribution in [0.1, 0.15) is 12.8 Å². The van der Waals surface area contributed by atoms with Crippen LogP contribution in [0.4, 0.5) is 0 Å². The number of halogens is 4. The molecule has 0 saturated carbocycles. The summed E-state index contributed by atoms with van der Waals surface area (Å²) in [6.45, 7) is 1.34. The summed E-state index contributed by atoms with van der Waals surface area (Å²) in [7, 11) is 0. The predicted molar refractivity (Wildman–Crippen MR) is 273 cm³/mol. The summed E-state index contributed by atoms with van der Waals surface area (Å²) in [4.78, 5) is 65.8. The van der Waals surface area contributed by atoms with Gasteiger partial charge in [-0.25, -0.2) is 9.59 Å². The van der Waals surface area contributed by atoms with E-state index in [2.05, 4.69) is 42.0 Å². The molecular formula is C50H36Cl4N8O6. The smallest absolute Gasteiger partial charge is 0.328 e. The lowest BCUT2D eigenvalue weighted by atomic mass is 10.1. The quantitative estimate of drug-likeness (QED) is 0.0739. The molecule has 6 N–H and O–H groups in total. The second kappa shape index (κ2) is 17.4. The van der Waals surface area contributed by atoms with E-state index in [9.17, 15) is 19.2 Å². The highest BCUT2D eigenvalue weighted by Crippen LogP contribution is 2.43. The molecule has 0 aliphatic heterocycles. The summed E-state index contributed by atoms with van der Waals surface area (Å²) >= 11 is 25.2. The number of aromatic amines is 6. The minimum Gasteiger partial charge on any atom is -0.489 e. The zero-order valence-electron chi connectivity index (χ0n) is 35.5. The Balaban J connectivity index is 0.000000149. The average Bonchev–Trinajstić information content (AvgIpc) is 4.08. The third-order valence-electron chi connectivity index (χ3n) is 12.1. The summed E-state index contributed by atoms with van der Waals surface area (Å²) in [6.07, 6.45) is 3.88. The normalized spacial score (nSPS) is 11.8. The molecule has 0 fully saturated rings. The molecule has 0 bridgehead atoms. The molecule has 18 heteroatoms. The SMILES string of the molecule is O=c1cc[nH]c(=O)n1CCCOc1c2[nH]c3ccc(Cl)cc3c2cc2c1[nH]c1ccc(Cl)cc12.O=c1ccn(CCCOc2c3[nH]c4ccc(Cl)cc4c3cc3c2[nH]c2ccc(Cl)cc23)c(=O)[nH]1. The van der Waals surface area contributed by atoms with Crippen molar-refractivity contribution < 1.29 is 9.47 Å². The number of H-pyrrole nitrogens is 6. The van der Waals surface area contributed by atoms with Crippen molar-refractivity contribution in [2.24, 2.45) is 0 Å². The number of rotatable bonds is 10. The summed E-state index contributed by atoms with van der Waals surface area (Å²) in [5.74, 6) is 1.36. The number of benzene rings is 6. The van der Waals surface area contributed by atoms with E-state index in [1.807, 2.05) is 72.8 Å². The number of hydrogen-bond acceptors (Lipinski definition) is 6. The van der Waals surface area contributed by atoms with E-state index in [-0.39, 0.29) is 12.1 Å². The van der Waals surface area contributed by atoms with Gasteiger partial charge in [0, 0.05) is 123 Å². The highest BCUT2D eigenvalue weighted by atomic mass is 35.5. The van der Waals surface area contributed by atoms with Crippen LogP contribution in [0.3, 0.4) is 0 Å². The Bertz CT molecular complexity index is 4010. The molecule has 12 rings (SSSR count). The third kappa shape index (κ3) is 7.84. The summed E-state index contributed by atoms with van der Waals surface area (Å²) in [5, 5.41) is 10.6. The van der Waals surface area contributed by atoms with Gasteiger partial charge < -0.3 is 39.0 Å². The standard InChI is InChI=1S/2C25H18Cl2N4O3/c26-13-2-4-19-15(10-13)17-12-18-16-11-14(27)3-5-20(16)30-23(18)24(22(17)29-19)34-9-1-8-31-21(32)6-7-28-25(31)33;26-13-2-4-19-15(10-13)17-12-18-16-11-14(27)3-5-20(16)29-23(18)24(22(17)28-19)34-9-1-7-31-8-6-21(32)30-25(31)33/h2-7,10-12,29-30H,1,8-9H2,(H,28,33);2-6,8,10-12,28-29H,1,7,9H2,(H,30,32,33). The van der Waals surface area contributed by atoms with E-state index >= 15 is 0 Å². The van der Waals surface area contributed by atoms with Crippen molar-refractivity contribution in [3.8, 4) is 11.5 Å². The largest absolute Gasteiger partial charge is 0.489 e. The molecular weight excluding hydrogens is 950 g/mol. The van der Waals surface area contributed by atoms with Gasteiger partial charge in [0.15, 0.2) is 11.5 Å². The van der Waals surface area contributed by atoms with Crippen LogP contribution >= 0.6 is 46.4 Å².